The van der Waals surface area contributed by atoms with Gasteiger partial charge in [0.1, 0.15) is 0 Å². The summed E-state index contributed by atoms with van der Waals surface area (Å²) in [6, 6.07) is 0.604. The molecule has 0 bridgehead atoms. The minimum absolute atomic E-state index is 0.604. The minimum atomic E-state index is 0.604. The van der Waals surface area contributed by atoms with Gasteiger partial charge in [0.2, 0.25) is 0 Å². The fourth-order valence-electron chi connectivity index (χ4n) is 1.30. The minimum Gasteiger partial charge on any atom is -0.329 e. The summed E-state index contributed by atoms with van der Waals surface area (Å²) in [6.07, 6.45) is 5.34. The molecule has 54 valence electrons. The van der Waals surface area contributed by atoms with Gasteiger partial charge in [-0.25, -0.2) is 0 Å². The van der Waals surface area contributed by atoms with Gasteiger partial charge >= 0.3 is 0 Å². The molecule has 0 spiro atoms. The summed E-state index contributed by atoms with van der Waals surface area (Å²) in [7, 11) is 0. The first-order valence-electron chi connectivity index (χ1n) is 3.87. The lowest BCUT2D eigenvalue weighted by Crippen LogP contribution is -2.35. The highest BCUT2D eigenvalue weighted by Gasteiger charge is 2.07. The molecule has 1 saturated heterocycles. The molecule has 0 aliphatic carbocycles. The van der Waals surface area contributed by atoms with Crippen LogP contribution in [0, 0.1) is 0 Å². The molecule has 1 atom stereocenters. The molecule has 1 unspecified atom stereocenters. The summed E-state index contributed by atoms with van der Waals surface area (Å²) < 4.78 is 0. The van der Waals surface area contributed by atoms with Gasteiger partial charge in [0.15, 0.2) is 0 Å². The van der Waals surface area contributed by atoms with Crippen LogP contribution >= 0.6 is 0 Å². The summed E-state index contributed by atoms with van der Waals surface area (Å²) in [4.78, 5) is 0. The highest BCUT2D eigenvalue weighted by atomic mass is 14.9. The van der Waals surface area contributed by atoms with E-state index in [1.165, 1.54) is 32.2 Å². The number of nitrogens with one attached hydrogen (secondary N) is 1. The van der Waals surface area contributed by atoms with E-state index < -0.39 is 0 Å². The molecule has 0 aromatic rings. The summed E-state index contributed by atoms with van der Waals surface area (Å²) in [6.45, 7) is 1.97. The lowest BCUT2D eigenvalue weighted by atomic mass is 10.1. The molecule has 1 aliphatic rings. The van der Waals surface area contributed by atoms with Gasteiger partial charge in [-0.1, -0.05) is 12.8 Å². The van der Waals surface area contributed by atoms with Gasteiger partial charge in [-0.05, 0) is 19.4 Å². The summed E-state index contributed by atoms with van der Waals surface area (Å²) in [5.74, 6) is 0. The third kappa shape index (κ3) is 2.33. The van der Waals surface area contributed by atoms with Gasteiger partial charge in [0.25, 0.3) is 0 Å². The average molecular weight is 128 g/mol. The third-order valence-corrected chi connectivity index (χ3v) is 1.95. The van der Waals surface area contributed by atoms with Crippen molar-refractivity contribution in [1.82, 2.24) is 5.32 Å². The van der Waals surface area contributed by atoms with Crippen molar-refractivity contribution in [2.45, 2.75) is 31.7 Å². The molecule has 9 heavy (non-hydrogen) atoms. The van der Waals surface area contributed by atoms with Crippen LogP contribution in [0.25, 0.3) is 0 Å². The van der Waals surface area contributed by atoms with Crippen LogP contribution in [0.4, 0.5) is 0 Å². The van der Waals surface area contributed by atoms with Crippen molar-refractivity contribution in [3.63, 3.8) is 0 Å². The van der Waals surface area contributed by atoms with E-state index in [0.717, 1.165) is 6.54 Å². The first-order valence-corrected chi connectivity index (χ1v) is 3.87. The Morgan fingerprint density at radius 3 is 3.00 bits per heavy atom. The number of hydrogen-bond acceptors (Lipinski definition) is 2. The second-order valence-corrected chi connectivity index (χ2v) is 2.74. The Morgan fingerprint density at radius 1 is 1.33 bits per heavy atom. The molecule has 0 aromatic carbocycles. The Bertz CT molecular complexity index is 65.3. The Hall–Kier alpha value is -0.0800. The van der Waals surface area contributed by atoms with Crippen molar-refractivity contribution >= 4 is 0 Å². The van der Waals surface area contributed by atoms with Crippen LogP contribution in [0.15, 0.2) is 0 Å². The van der Waals surface area contributed by atoms with Crippen LogP contribution in [0.5, 0.6) is 0 Å². The van der Waals surface area contributed by atoms with Crippen molar-refractivity contribution in [2.24, 2.45) is 5.73 Å². The molecular formula is C7H16N2. The van der Waals surface area contributed by atoms with Crippen molar-refractivity contribution in [1.29, 1.82) is 0 Å². The zero-order chi connectivity index (χ0) is 6.53. The van der Waals surface area contributed by atoms with Gasteiger partial charge in [-0.15, -0.1) is 0 Å². The maximum absolute atomic E-state index is 5.51. The molecular weight excluding hydrogens is 112 g/mol. The highest BCUT2D eigenvalue weighted by Crippen LogP contribution is 2.06. The van der Waals surface area contributed by atoms with Crippen molar-refractivity contribution in [2.75, 3.05) is 13.1 Å². The van der Waals surface area contributed by atoms with Crippen LogP contribution < -0.4 is 11.1 Å². The lowest BCUT2D eigenvalue weighted by Gasteiger charge is -2.11. The van der Waals surface area contributed by atoms with E-state index in [0.29, 0.717) is 6.04 Å². The fraction of sp³-hybridized carbons (Fsp3) is 1.00. The van der Waals surface area contributed by atoms with Crippen LogP contribution in [0.1, 0.15) is 25.7 Å². The predicted molar refractivity (Wildman–Crippen MR) is 39.3 cm³/mol. The molecule has 1 heterocycles. The second kappa shape index (κ2) is 3.85. The third-order valence-electron chi connectivity index (χ3n) is 1.95. The van der Waals surface area contributed by atoms with E-state index in [4.69, 9.17) is 5.73 Å². The van der Waals surface area contributed by atoms with Gasteiger partial charge in [0.05, 0.1) is 0 Å². The molecule has 0 aromatic heterocycles. The van der Waals surface area contributed by atoms with Gasteiger partial charge in [-0.2, -0.15) is 0 Å². The zero-order valence-corrected chi connectivity index (χ0v) is 5.90. The predicted octanol–water partition coefficient (Wildman–Crippen LogP) is 0.477. The van der Waals surface area contributed by atoms with Crippen LogP contribution in [0.3, 0.4) is 0 Å². The largest absolute Gasteiger partial charge is 0.329 e. The fourth-order valence-corrected chi connectivity index (χ4v) is 1.30. The van der Waals surface area contributed by atoms with Gasteiger partial charge in [0, 0.05) is 12.6 Å². The van der Waals surface area contributed by atoms with E-state index in [2.05, 4.69) is 5.32 Å². The van der Waals surface area contributed by atoms with Crippen molar-refractivity contribution in [3.8, 4) is 0 Å². The Labute approximate surface area is 56.8 Å². The first kappa shape index (κ1) is 7.03. The number of rotatable bonds is 1. The highest BCUT2D eigenvalue weighted by molar-refractivity contribution is 4.70. The maximum Gasteiger partial charge on any atom is 0.0190 e. The van der Waals surface area contributed by atoms with E-state index in [1.54, 1.807) is 0 Å². The second-order valence-electron chi connectivity index (χ2n) is 2.74. The molecule has 1 aliphatic heterocycles. The smallest absolute Gasteiger partial charge is 0.0190 e. The molecule has 0 amide bonds. The SMILES string of the molecule is NCC1CCCCCN1. The normalized spacial score (nSPS) is 29.7. The Morgan fingerprint density at radius 2 is 2.22 bits per heavy atom. The van der Waals surface area contributed by atoms with E-state index in [1.807, 2.05) is 0 Å². The molecule has 2 nitrogen and oxygen atoms in total. The van der Waals surface area contributed by atoms with Crippen LogP contribution in [0.2, 0.25) is 0 Å². The standard InChI is InChI=1S/C7H16N2/c8-6-7-4-2-1-3-5-9-7/h7,9H,1-6,8H2. The Balaban J connectivity index is 2.18. The molecule has 1 rings (SSSR count). The molecule has 0 saturated carbocycles. The Kier molecular flexibility index (Phi) is 3.01. The molecule has 3 N–H and O–H groups in total. The molecule has 2 heteroatoms. The maximum atomic E-state index is 5.51. The quantitative estimate of drug-likeness (QED) is 0.539. The van der Waals surface area contributed by atoms with E-state index in [-0.39, 0.29) is 0 Å². The van der Waals surface area contributed by atoms with Crippen molar-refractivity contribution in [3.05, 3.63) is 0 Å². The van der Waals surface area contributed by atoms with Gasteiger partial charge < -0.3 is 11.1 Å². The van der Waals surface area contributed by atoms with Gasteiger partial charge in [-0.3, -0.25) is 0 Å². The number of nitrogens with two attached hydrogens (primary N) is 1. The summed E-state index contributed by atoms with van der Waals surface area (Å²) >= 11 is 0. The van der Waals surface area contributed by atoms with Crippen LogP contribution in [-0.4, -0.2) is 19.1 Å². The van der Waals surface area contributed by atoms with Crippen molar-refractivity contribution < 1.29 is 0 Å². The topological polar surface area (TPSA) is 38.0 Å². The summed E-state index contributed by atoms with van der Waals surface area (Å²) in [5.41, 5.74) is 5.51. The van der Waals surface area contributed by atoms with Crippen LogP contribution in [-0.2, 0) is 0 Å². The van der Waals surface area contributed by atoms with E-state index >= 15 is 0 Å². The number of hydrogen-bond donors (Lipinski definition) is 2. The lowest BCUT2D eigenvalue weighted by molar-refractivity contribution is 0.519. The monoisotopic (exact) mass is 128 g/mol. The molecule has 1 fully saturated rings. The average Bonchev–Trinajstić information content (AvgIpc) is 2.13. The van der Waals surface area contributed by atoms with E-state index in [9.17, 15) is 0 Å². The zero-order valence-electron chi connectivity index (χ0n) is 5.90. The summed E-state index contributed by atoms with van der Waals surface area (Å²) in [5, 5.41) is 3.41. The molecule has 0 radical (unpaired) electrons. The first-order chi connectivity index (χ1) is 4.43.